The van der Waals surface area contributed by atoms with E-state index in [0.717, 1.165) is 12.2 Å². The highest BCUT2D eigenvalue weighted by Crippen LogP contribution is 2.41. The molecule has 3 aromatic heterocycles. The van der Waals surface area contributed by atoms with Crippen molar-refractivity contribution in [2.45, 2.75) is 6.42 Å². The van der Waals surface area contributed by atoms with E-state index in [4.69, 9.17) is 0 Å². The van der Waals surface area contributed by atoms with Gasteiger partial charge in [0.15, 0.2) is 0 Å². The average Bonchev–Trinajstić information content (AvgIpc) is 3.86. The average molecular weight is 575 g/mol. The Balaban J connectivity index is 1.18. The molecule has 1 aliphatic heterocycles. The maximum Gasteiger partial charge on any atom is 0.0999 e. The van der Waals surface area contributed by atoms with Gasteiger partial charge < -0.3 is 9.13 Å². The summed E-state index contributed by atoms with van der Waals surface area (Å²) in [6.45, 7) is 0. The van der Waals surface area contributed by atoms with Gasteiger partial charge in [0.05, 0.1) is 32.1 Å². The number of rotatable bonds is 4. The van der Waals surface area contributed by atoms with Gasteiger partial charge >= 0.3 is 0 Å². The first-order valence-electron chi connectivity index (χ1n) is 14.4. The summed E-state index contributed by atoms with van der Waals surface area (Å²) in [5.74, 6) is 1.16. The van der Waals surface area contributed by atoms with Crippen LogP contribution in [0, 0.1) is 0 Å². The molecule has 0 spiro atoms. The van der Waals surface area contributed by atoms with Crippen molar-refractivity contribution < 1.29 is 0 Å². The van der Waals surface area contributed by atoms with E-state index in [1.807, 2.05) is 11.8 Å². The number of hydrogen-bond donors (Lipinski definition) is 0. The molecule has 4 heterocycles. The molecule has 0 saturated carbocycles. The molecule has 5 aromatic carbocycles. The molecule has 9 rings (SSSR count). The zero-order valence-corrected chi connectivity index (χ0v) is 24.5. The lowest BCUT2D eigenvalue weighted by Gasteiger charge is -2.10. The van der Waals surface area contributed by atoms with Gasteiger partial charge in [-0.15, -0.1) is 23.1 Å². The second-order valence-electron chi connectivity index (χ2n) is 10.9. The second-order valence-corrected chi connectivity index (χ2v) is 12.9. The standard InChI is InChI=1S/C38H26N2S2/c1-3-12-33-29(10-1)31-23-27(16-18-35(31)39(33)37-14-6-20-41-37)25-8-5-9-26(22-25)28-17-19-36-32(24-28)30-11-2-4-13-34(30)40(36)38-15-7-21-42-38/h1-6,8-20,22-24H,7,21H2. The monoisotopic (exact) mass is 574 g/mol. The third-order valence-corrected chi connectivity index (χ3v) is 10.4. The summed E-state index contributed by atoms with van der Waals surface area (Å²) >= 11 is 3.73. The number of allylic oxidation sites excluding steroid dienone is 1. The first-order chi connectivity index (χ1) is 20.8. The van der Waals surface area contributed by atoms with E-state index in [1.165, 1.54) is 75.9 Å². The van der Waals surface area contributed by atoms with Gasteiger partial charge in [-0.3, -0.25) is 0 Å². The van der Waals surface area contributed by atoms with Gasteiger partial charge in [-0.25, -0.2) is 0 Å². The van der Waals surface area contributed by atoms with Crippen molar-refractivity contribution in [2.24, 2.45) is 0 Å². The van der Waals surface area contributed by atoms with E-state index < -0.39 is 0 Å². The highest BCUT2D eigenvalue weighted by atomic mass is 32.2. The normalized spacial score (nSPS) is 13.6. The molecule has 8 aromatic rings. The van der Waals surface area contributed by atoms with Crippen molar-refractivity contribution in [3.05, 3.63) is 133 Å². The summed E-state index contributed by atoms with van der Waals surface area (Å²) < 4.78 is 4.84. The summed E-state index contributed by atoms with van der Waals surface area (Å²) in [5.41, 5.74) is 10.0. The lowest BCUT2D eigenvalue weighted by molar-refractivity contribution is 1.22. The van der Waals surface area contributed by atoms with Gasteiger partial charge in [-0.1, -0.05) is 72.8 Å². The van der Waals surface area contributed by atoms with Crippen LogP contribution in [0.1, 0.15) is 6.42 Å². The summed E-state index contributed by atoms with van der Waals surface area (Å²) in [7, 11) is 0. The Kier molecular flexibility index (Phi) is 5.47. The predicted octanol–water partition coefficient (Wildman–Crippen LogP) is 11.2. The van der Waals surface area contributed by atoms with Crippen molar-refractivity contribution in [3.63, 3.8) is 0 Å². The molecule has 1 aliphatic rings. The molecule has 0 radical (unpaired) electrons. The van der Waals surface area contributed by atoms with Crippen LogP contribution in [-0.4, -0.2) is 14.9 Å². The number of nitrogens with zero attached hydrogens (tertiary/aromatic N) is 2. The lowest BCUT2D eigenvalue weighted by atomic mass is 9.97. The van der Waals surface area contributed by atoms with Gasteiger partial charge in [0.25, 0.3) is 0 Å². The summed E-state index contributed by atoms with van der Waals surface area (Å²) in [5, 5.41) is 9.94. The maximum absolute atomic E-state index is 2.45. The SMILES string of the molecule is C1=C(n2c3ccccc3c3cc(-c4cccc(-c5ccc6c(c5)c5ccccc5n6-c5cccs5)c4)ccc32)SCC1. The van der Waals surface area contributed by atoms with Crippen LogP contribution in [0.5, 0.6) is 0 Å². The van der Waals surface area contributed by atoms with Crippen LogP contribution in [0.15, 0.2) is 133 Å². The number of fused-ring (bicyclic) bond motifs is 6. The molecule has 0 bridgehead atoms. The fourth-order valence-corrected chi connectivity index (χ4v) is 8.38. The van der Waals surface area contributed by atoms with Crippen molar-refractivity contribution in [2.75, 3.05) is 5.75 Å². The zero-order valence-electron chi connectivity index (χ0n) is 22.8. The minimum atomic E-state index is 1.14. The van der Waals surface area contributed by atoms with Crippen LogP contribution < -0.4 is 0 Å². The highest BCUT2D eigenvalue weighted by Gasteiger charge is 2.17. The molecule has 0 fully saturated rings. The molecular weight excluding hydrogens is 549 g/mol. The Labute approximate surface area is 252 Å². The molecule has 200 valence electrons. The molecule has 0 amide bonds. The quantitative estimate of drug-likeness (QED) is 0.203. The fraction of sp³-hybridized carbons (Fsp3) is 0.0526. The summed E-state index contributed by atoms with van der Waals surface area (Å²) in [6.07, 6.45) is 3.52. The van der Waals surface area contributed by atoms with Gasteiger partial charge in [0, 0.05) is 27.3 Å². The molecular formula is C38H26N2S2. The largest absolute Gasteiger partial charge is 0.304 e. The number of thioether (sulfide) groups is 1. The molecule has 0 unspecified atom stereocenters. The van der Waals surface area contributed by atoms with Crippen LogP contribution in [-0.2, 0) is 0 Å². The van der Waals surface area contributed by atoms with Crippen molar-refractivity contribution in [3.8, 4) is 27.3 Å². The van der Waals surface area contributed by atoms with Gasteiger partial charge in [-0.2, -0.15) is 0 Å². The molecule has 0 N–H and O–H groups in total. The minimum absolute atomic E-state index is 1.14. The molecule has 0 atom stereocenters. The maximum atomic E-state index is 2.45. The predicted molar refractivity (Wildman–Crippen MR) is 184 cm³/mol. The number of para-hydroxylation sites is 2. The molecule has 0 saturated heterocycles. The molecule has 42 heavy (non-hydrogen) atoms. The first-order valence-corrected chi connectivity index (χ1v) is 16.2. The van der Waals surface area contributed by atoms with Crippen LogP contribution in [0.2, 0.25) is 0 Å². The highest BCUT2D eigenvalue weighted by molar-refractivity contribution is 8.08. The first kappa shape index (κ1) is 24.1. The summed E-state index contributed by atoms with van der Waals surface area (Å²) in [4.78, 5) is 0. The van der Waals surface area contributed by atoms with Crippen LogP contribution in [0.4, 0.5) is 0 Å². The molecule has 4 heteroatoms. The van der Waals surface area contributed by atoms with E-state index in [2.05, 4.69) is 142 Å². The Morgan fingerprint density at radius 3 is 1.69 bits per heavy atom. The lowest BCUT2D eigenvalue weighted by Crippen LogP contribution is -1.91. The molecule has 2 nitrogen and oxygen atoms in total. The van der Waals surface area contributed by atoms with Crippen molar-refractivity contribution >= 4 is 71.7 Å². The number of aromatic nitrogens is 2. The van der Waals surface area contributed by atoms with Crippen molar-refractivity contribution in [1.29, 1.82) is 0 Å². The van der Waals surface area contributed by atoms with Crippen LogP contribution >= 0.6 is 23.1 Å². The smallest absolute Gasteiger partial charge is 0.0999 e. The Morgan fingerprint density at radius 1 is 0.476 bits per heavy atom. The van der Waals surface area contributed by atoms with Gasteiger partial charge in [0.2, 0.25) is 0 Å². The topological polar surface area (TPSA) is 9.86 Å². The zero-order chi connectivity index (χ0) is 27.6. The van der Waals surface area contributed by atoms with Crippen molar-refractivity contribution in [1.82, 2.24) is 9.13 Å². The summed E-state index contributed by atoms with van der Waals surface area (Å²) in [6, 6.07) is 44.8. The van der Waals surface area contributed by atoms with E-state index in [9.17, 15) is 0 Å². The van der Waals surface area contributed by atoms with E-state index in [-0.39, 0.29) is 0 Å². The van der Waals surface area contributed by atoms with Crippen LogP contribution in [0.3, 0.4) is 0 Å². The van der Waals surface area contributed by atoms with E-state index in [0.29, 0.717) is 0 Å². The van der Waals surface area contributed by atoms with Gasteiger partial charge in [-0.05, 0) is 88.7 Å². The third-order valence-electron chi connectivity index (χ3n) is 8.51. The van der Waals surface area contributed by atoms with Crippen LogP contribution in [0.25, 0.3) is 75.9 Å². The van der Waals surface area contributed by atoms with E-state index in [1.54, 1.807) is 11.3 Å². The number of benzene rings is 5. The number of thiophene rings is 1. The fourth-order valence-electron chi connectivity index (χ4n) is 6.62. The third kappa shape index (κ3) is 3.65. The minimum Gasteiger partial charge on any atom is -0.304 e. The number of hydrogen-bond acceptors (Lipinski definition) is 2. The Bertz CT molecular complexity index is 2330. The van der Waals surface area contributed by atoms with E-state index >= 15 is 0 Å². The molecule has 0 aliphatic carbocycles. The second kappa shape index (κ2) is 9.52. The van der Waals surface area contributed by atoms with Gasteiger partial charge in [0.1, 0.15) is 0 Å². The Morgan fingerprint density at radius 2 is 1.07 bits per heavy atom. The Hall–Kier alpha value is -4.51.